The summed E-state index contributed by atoms with van der Waals surface area (Å²) in [6.45, 7) is 0.0806. The molecule has 0 saturated heterocycles. The lowest BCUT2D eigenvalue weighted by atomic mass is 10.3. The van der Waals surface area contributed by atoms with Gasteiger partial charge in [-0.2, -0.15) is 0 Å². The van der Waals surface area contributed by atoms with Gasteiger partial charge in [0.2, 0.25) is 0 Å². The molecule has 0 N–H and O–H groups in total. The maximum atomic E-state index is 12.5. The Balaban J connectivity index is 1.87. The summed E-state index contributed by atoms with van der Waals surface area (Å²) in [5, 5.41) is 0. The zero-order valence-corrected chi connectivity index (χ0v) is 8.85. The molecule has 1 radical (unpaired) electrons. The summed E-state index contributed by atoms with van der Waals surface area (Å²) >= 11 is 3.25. The van der Waals surface area contributed by atoms with E-state index in [0.717, 1.165) is 4.47 Å². The van der Waals surface area contributed by atoms with Gasteiger partial charge in [0.25, 0.3) is 5.92 Å². The molecule has 2 rings (SSSR count). The Kier molecular flexibility index (Phi) is 2.47. The van der Waals surface area contributed by atoms with E-state index in [-0.39, 0.29) is 13.0 Å². The molecule has 0 aliphatic heterocycles. The molecule has 1 aromatic rings. The Labute approximate surface area is 89.2 Å². The second-order valence-electron chi connectivity index (χ2n) is 3.36. The molecule has 1 atom stereocenters. The smallest absolute Gasteiger partial charge is 0.255 e. The van der Waals surface area contributed by atoms with Gasteiger partial charge in [-0.3, -0.25) is 0 Å². The number of ether oxygens (including phenoxy) is 1. The van der Waals surface area contributed by atoms with Gasteiger partial charge in [0.05, 0.1) is 12.5 Å². The second-order valence-corrected chi connectivity index (χ2v) is 4.28. The largest absolute Gasteiger partial charge is 0.493 e. The van der Waals surface area contributed by atoms with Gasteiger partial charge in [0.15, 0.2) is 0 Å². The van der Waals surface area contributed by atoms with Crippen molar-refractivity contribution in [3.8, 4) is 5.75 Å². The summed E-state index contributed by atoms with van der Waals surface area (Å²) in [6.07, 6.45) is -0.0509. The molecule has 75 valence electrons. The van der Waals surface area contributed by atoms with E-state index >= 15 is 0 Å². The van der Waals surface area contributed by atoms with Crippen LogP contribution in [0, 0.1) is 12.0 Å². The molecule has 0 amide bonds. The zero-order valence-electron chi connectivity index (χ0n) is 7.27. The van der Waals surface area contributed by atoms with Crippen LogP contribution in [0.5, 0.6) is 5.75 Å². The Morgan fingerprint density at radius 3 is 2.86 bits per heavy atom. The maximum Gasteiger partial charge on any atom is 0.255 e. The van der Waals surface area contributed by atoms with E-state index in [1.807, 2.05) is 0 Å². The molecule has 1 aromatic carbocycles. The predicted octanol–water partition coefficient (Wildman–Crippen LogP) is 3.28. The fourth-order valence-corrected chi connectivity index (χ4v) is 1.51. The lowest BCUT2D eigenvalue weighted by Crippen LogP contribution is -2.05. The number of alkyl halides is 2. The van der Waals surface area contributed by atoms with E-state index in [9.17, 15) is 8.78 Å². The van der Waals surface area contributed by atoms with Crippen molar-refractivity contribution in [1.82, 2.24) is 0 Å². The van der Waals surface area contributed by atoms with Crippen LogP contribution in [0.2, 0.25) is 0 Å². The van der Waals surface area contributed by atoms with E-state index in [4.69, 9.17) is 4.74 Å². The molecule has 1 nitrogen and oxygen atoms in total. The van der Waals surface area contributed by atoms with Crippen molar-refractivity contribution in [2.24, 2.45) is 5.92 Å². The Bertz CT molecular complexity index is 341. The van der Waals surface area contributed by atoms with Gasteiger partial charge < -0.3 is 4.74 Å². The van der Waals surface area contributed by atoms with Gasteiger partial charge in [0.1, 0.15) is 5.75 Å². The summed E-state index contributed by atoms with van der Waals surface area (Å²) in [4.78, 5) is 0. The molecule has 4 heteroatoms. The predicted molar refractivity (Wildman–Crippen MR) is 51.5 cm³/mol. The molecule has 0 spiro atoms. The van der Waals surface area contributed by atoms with Crippen molar-refractivity contribution in [3.05, 3.63) is 28.7 Å². The molecule has 1 saturated carbocycles. The first-order valence-electron chi connectivity index (χ1n) is 4.25. The minimum atomic E-state index is -2.50. The normalized spacial score (nSPS) is 23.2. The first-order chi connectivity index (χ1) is 6.58. The van der Waals surface area contributed by atoms with Crippen LogP contribution in [-0.2, 0) is 0 Å². The summed E-state index contributed by atoms with van der Waals surface area (Å²) in [5.74, 6) is -2.54. The minimum absolute atomic E-state index is 0.0509. The second kappa shape index (κ2) is 3.50. The maximum absolute atomic E-state index is 12.5. The van der Waals surface area contributed by atoms with Crippen molar-refractivity contribution in [3.63, 3.8) is 0 Å². The molecule has 0 aromatic heterocycles. The van der Waals surface area contributed by atoms with Gasteiger partial charge in [-0.15, -0.1) is 0 Å². The van der Waals surface area contributed by atoms with Gasteiger partial charge in [-0.1, -0.05) is 15.9 Å². The van der Waals surface area contributed by atoms with Crippen molar-refractivity contribution >= 4 is 15.9 Å². The summed E-state index contributed by atoms with van der Waals surface area (Å²) < 4.78 is 31.0. The van der Waals surface area contributed by atoms with Crippen molar-refractivity contribution in [2.45, 2.75) is 12.3 Å². The van der Waals surface area contributed by atoms with Crippen molar-refractivity contribution in [2.75, 3.05) is 6.61 Å². The monoisotopic (exact) mass is 261 g/mol. The van der Waals surface area contributed by atoms with E-state index in [0.29, 0.717) is 5.75 Å². The summed E-state index contributed by atoms with van der Waals surface area (Å²) in [6, 6.07) is 7.93. The average molecular weight is 262 g/mol. The van der Waals surface area contributed by atoms with Crippen LogP contribution < -0.4 is 4.74 Å². The molecule has 1 aliphatic rings. The van der Waals surface area contributed by atoms with Crippen LogP contribution in [0.3, 0.4) is 0 Å². The number of halogens is 3. The Hall–Kier alpha value is -0.640. The van der Waals surface area contributed by atoms with Crippen molar-refractivity contribution in [1.29, 1.82) is 0 Å². The molecule has 1 aliphatic carbocycles. The van der Waals surface area contributed by atoms with E-state index in [1.165, 1.54) is 0 Å². The highest BCUT2D eigenvalue weighted by molar-refractivity contribution is 9.10. The van der Waals surface area contributed by atoms with E-state index in [2.05, 4.69) is 22.0 Å². The SMILES string of the molecule is FC1(F)CC1COc1c[c]cc(Br)c1. The van der Waals surface area contributed by atoms with Crippen LogP contribution in [0.4, 0.5) is 8.78 Å². The molecule has 14 heavy (non-hydrogen) atoms. The fourth-order valence-electron chi connectivity index (χ4n) is 1.15. The highest BCUT2D eigenvalue weighted by atomic mass is 79.9. The lowest BCUT2D eigenvalue weighted by Gasteiger charge is -2.04. The van der Waals surface area contributed by atoms with Crippen LogP contribution in [-0.4, -0.2) is 12.5 Å². The van der Waals surface area contributed by atoms with E-state index in [1.54, 1.807) is 18.2 Å². The molecule has 1 fully saturated rings. The first kappa shape index (κ1) is 9.90. The third-order valence-corrected chi connectivity index (χ3v) is 2.59. The average Bonchev–Trinajstić information content (AvgIpc) is 2.71. The van der Waals surface area contributed by atoms with Gasteiger partial charge in [-0.25, -0.2) is 8.78 Å². The van der Waals surface area contributed by atoms with Crippen LogP contribution >= 0.6 is 15.9 Å². The molecular weight excluding hydrogens is 254 g/mol. The quantitative estimate of drug-likeness (QED) is 0.812. The molecule has 0 heterocycles. The molecule has 1 unspecified atom stereocenters. The third kappa shape index (κ3) is 2.23. The zero-order chi connectivity index (χ0) is 10.2. The van der Waals surface area contributed by atoms with Crippen LogP contribution in [0.25, 0.3) is 0 Å². The van der Waals surface area contributed by atoms with Gasteiger partial charge in [0, 0.05) is 10.9 Å². The Morgan fingerprint density at radius 2 is 2.29 bits per heavy atom. The fraction of sp³-hybridized carbons (Fsp3) is 0.400. The standard InChI is InChI=1S/C10H8BrF2O/c11-8-2-1-3-9(4-8)14-6-7-5-10(7,12)13/h2-4,7H,5-6H2. The summed E-state index contributed by atoms with van der Waals surface area (Å²) in [5.41, 5.74) is 0. The lowest BCUT2D eigenvalue weighted by molar-refractivity contribution is 0.0856. The van der Waals surface area contributed by atoms with Crippen LogP contribution in [0.15, 0.2) is 22.7 Å². The minimum Gasteiger partial charge on any atom is -0.493 e. The topological polar surface area (TPSA) is 9.23 Å². The Morgan fingerprint density at radius 1 is 1.57 bits per heavy atom. The molecular formula is C10H8BrF2O. The molecule has 0 bridgehead atoms. The number of rotatable bonds is 3. The van der Waals surface area contributed by atoms with Crippen molar-refractivity contribution < 1.29 is 13.5 Å². The number of hydrogen-bond donors (Lipinski definition) is 0. The number of hydrogen-bond acceptors (Lipinski definition) is 1. The highest BCUT2D eigenvalue weighted by Gasteiger charge is 2.57. The number of benzene rings is 1. The first-order valence-corrected chi connectivity index (χ1v) is 5.04. The van der Waals surface area contributed by atoms with Gasteiger partial charge >= 0.3 is 0 Å². The van der Waals surface area contributed by atoms with Crippen LogP contribution in [0.1, 0.15) is 6.42 Å². The highest BCUT2D eigenvalue weighted by Crippen LogP contribution is 2.48. The van der Waals surface area contributed by atoms with Gasteiger partial charge in [-0.05, 0) is 24.3 Å². The summed E-state index contributed by atoms with van der Waals surface area (Å²) in [7, 11) is 0. The van der Waals surface area contributed by atoms with E-state index < -0.39 is 11.8 Å². The third-order valence-electron chi connectivity index (χ3n) is 2.13.